The SMILES string of the molecule is C=C(C)C(=O)OCc1ccc(-c2ccc(C=Cc3ccc(N4CCOc5cc(C)ccc5N5CCOCCOCCN(CCOCCOCC5)c5ccc(C)cc5OCC4)c(OCCOC)c3)s2)s1. The highest BCUT2D eigenvalue weighted by molar-refractivity contribution is 7.22. The molecule has 0 saturated carbocycles. The van der Waals surface area contributed by atoms with Gasteiger partial charge in [-0.2, -0.15) is 0 Å². The fraction of sp³-hybridized carbons (Fsp3) is 0.426. The molecule has 3 aromatic carbocycles. The predicted molar refractivity (Wildman–Crippen MR) is 278 cm³/mol. The van der Waals surface area contributed by atoms with Crippen LogP contribution in [0, 0.1) is 13.8 Å². The van der Waals surface area contributed by atoms with Gasteiger partial charge in [-0.15, -0.1) is 22.7 Å². The third-order valence-electron chi connectivity index (χ3n) is 11.5. The van der Waals surface area contributed by atoms with E-state index in [1.807, 2.05) is 6.07 Å². The van der Waals surface area contributed by atoms with Crippen molar-refractivity contribution in [2.75, 3.05) is 140 Å². The van der Waals surface area contributed by atoms with Gasteiger partial charge in [-0.3, -0.25) is 0 Å². The fourth-order valence-electron chi connectivity index (χ4n) is 7.78. The summed E-state index contributed by atoms with van der Waals surface area (Å²) in [5, 5.41) is 0. The van der Waals surface area contributed by atoms with Crippen molar-refractivity contribution in [3.63, 3.8) is 0 Å². The van der Waals surface area contributed by atoms with Crippen LogP contribution in [0.4, 0.5) is 17.1 Å². The summed E-state index contributed by atoms with van der Waals surface area (Å²) in [6, 6.07) is 27.4. The molecule has 1 saturated heterocycles. The van der Waals surface area contributed by atoms with Crippen molar-refractivity contribution in [3.8, 4) is 27.0 Å². The summed E-state index contributed by atoms with van der Waals surface area (Å²) in [6.07, 6.45) is 4.24. The number of hydrogen-bond acceptors (Lipinski definition) is 15. The van der Waals surface area contributed by atoms with Crippen molar-refractivity contribution >= 4 is 57.9 Å². The summed E-state index contributed by atoms with van der Waals surface area (Å²) in [5.74, 6) is 1.96. The molecule has 13 nitrogen and oxygen atoms in total. The van der Waals surface area contributed by atoms with Gasteiger partial charge in [0.05, 0.1) is 89.6 Å². The van der Waals surface area contributed by atoms with E-state index >= 15 is 0 Å². The molecular weight excluding hydrogens is 915 g/mol. The highest BCUT2D eigenvalue weighted by Crippen LogP contribution is 2.37. The summed E-state index contributed by atoms with van der Waals surface area (Å²) in [5.41, 5.74) is 6.50. The summed E-state index contributed by atoms with van der Waals surface area (Å²) >= 11 is 3.32. The number of fused-ring (bicyclic) bond motifs is 20. The van der Waals surface area contributed by atoms with Crippen LogP contribution in [0.25, 0.3) is 21.9 Å². The normalized spacial score (nSPS) is 16.3. The Morgan fingerprint density at radius 3 is 1.70 bits per heavy atom. The molecule has 5 aromatic rings. The van der Waals surface area contributed by atoms with Gasteiger partial charge in [-0.05, 0) is 104 Å². The molecule has 1 fully saturated rings. The Bertz CT molecular complexity index is 2330. The van der Waals surface area contributed by atoms with Gasteiger partial charge in [0.15, 0.2) is 0 Å². The van der Waals surface area contributed by atoms with Gasteiger partial charge in [0.1, 0.15) is 43.7 Å². The molecule has 15 heteroatoms. The van der Waals surface area contributed by atoms with Gasteiger partial charge in [0.2, 0.25) is 0 Å². The third-order valence-corrected chi connectivity index (χ3v) is 13.8. The minimum Gasteiger partial charge on any atom is -0.490 e. The third kappa shape index (κ3) is 15.8. The van der Waals surface area contributed by atoms with Crippen LogP contribution in [0.15, 0.2) is 91.0 Å². The monoisotopic (exact) mass is 981 g/mol. The summed E-state index contributed by atoms with van der Waals surface area (Å²) < 4.78 is 55.3. The van der Waals surface area contributed by atoms with Gasteiger partial charge in [-0.1, -0.05) is 30.9 Å². The fourth-order valence-corrected chi connectivity index (χ4v) is 9.70. The number of thiophene rings is 2. The average molecular weight is 982 g/mol. The van der Waals surface area contributed by atoms with Gasteiger partial charge in [0, 0.05) is 58.4 Å². The van der Waals surface area contributed by atoms with Crippen molar-refractivity contribution in [1.82, 2.24) is 0 Å². The number of anilines is 3. The average Bonchev–Trinajstić information content (AvgIpc) is 4.03. The maximum absolute atomic E-state index is 11.9. The largest absolute Gasteiger partial charge is 0.490 e. The first-order valence-electron chi connectivity index (χ1n) is 23.7. The zero-order valence-electron chi connectivity index (χ0n) is 40.5. The molecule has 0 unspecified atom stereocenters. The molecule has 370 valence electrons. The lowest BCUT2D eigenvalue weighted by Crippen LogP contribution is -2.34. The summed E-state index contributed by atoms with van der Waals surface area (Å²) in [7, 11) is 1.68. The number of esters is 1. The Morgan fingerprint density at radius 2 is 1.13 bits per heavy atom. The quantitative estimate of drug-likeness (QED) is 0.0543. The lowest BCUT2D eigenvalue weighted by atomic mass is 10.1. The van der Waals surface area contributed by atoms with E-state index in [1.54, 1.807) is 36.7 Å². The number of ether oxygens (including phenoxy) is 9. The molecule has 0 spiro atoms. The van der Waals surface area contributed by atoms with Crippen molar-refractivity contribution in [3.05, 3.63) is 117 Å². The molecule has 2 aromatic heterocycles. The van der Waals surface area contributed by atoms with Crippen molar-refractivity contribution in [2.45, 2.75) is 27.4 Å². The van der Waals surface area contributed by atoms with Crippen LogP contribution in [0.2, 0.25) is 0 Å². The van der Waals surface area contributed by atoms with E-state index in [0.29, 0.717) is 124 Å². The van der Waals surface area contributed by atoms with Crippen LogP contribution in [0.3, 0.4) is 0 Å². The van der Waals surface area contributed by atoms with Crippen LogP contribution in [-0.4, -0.2) is 132 Å². The molecular formula is C54H67N3O10S2. The Balaban J connectivity index is 1.17. The summed E-state index contributed by atoms with van der Waals surface area (Å²) in [4.78, 5) is 23.1. The highest BCUT2D eigenvalue weighted by Gasteiger charge is 2.20. The number of hydrogen-bond donors (Lipinski definition) is 0. The second-order valence-corrected chi connectivity index (χ2v) is 19.1. The van der Waals surface area contributed by atoms with Gasteiger partial charge in [0.25, 0.3) is 0 Å². The number of nitrogens with zero attached hydrogens (tertiary/aromatic N) is 3. The molecule has 3 aliphatic rings. The number of rotatable bonds is 11. The van der Waals surface area contributed by atoms with E-state index < -0.39 is 0 Å². The number of aryl methyl sites for hydroxylation is 2. The van der Waals surface area contributed by atoms with Crippen molar-refractivity contribution in [2.24, 2.45) is 0 Å². The Hall–Kier alpha value is -5.39. The molecule has 0 atom stereocenters. The minimum atomic E-state index is -0.382. The number of methoxy groups -OCH3 is 1. The van der Waals surface area contributed by atoms with E-state index in [-0.39, 0.29) is 12.6 Å². The van der Waals surface area contributed by atoms with E-state index in [1.165, 1.54) is 0 Å². The van der Waals surface area contributed by atoms with Crippen LogP contribution >= 0.6 is 22.7 Å². The number of carbonyl (C=O) groups is 1. The Kier molecular flexibility index (Phi) is 20.2. The number of carbonyl (C=O) groups excluding carboxylic acids is 1. The molecule has 0 N–H and O–H groups in total. The van der Waals surface area contributed by atoms with E-state index in [9.17, 15) is 4.79 Å². The minimum absolute atomic E-state index is 0.230. The molecule has 3 aliphatic heterocycles. The molecule has 2 bridgehead atoms. The Labute approximate surface area is 415 Å². The van der Waals surface area contributed by atoms with Crippen LogP contribution in [0.5, 0.6) is 17.2 Å². The zero-order valence-corrected chi connectivity index (χ0v) is 42.2. The smallest absolute Gasteiger partial charge is 0.333 e. The zero-order chi connectivity index (χ0) is 48.2. The molecule has 0 aliphatic carbocycles. The van der Waals surface area contributed by atoms with Crippen molar-refractivity contribution < 1.29 is 47.4 Å². The van der Waals surface area contributed by atoms with Crippen LogP contribution in [-0.2, 0) is 39.8 Å². The second kappa shape index (κ2) is 27.1. The maximum atomic E-state index is 11.9. The first-order chi connectivity index (χ1) is 33.7. The standard InChI is InChI=1S/C54H67N3O10S2/c1-40(2)54(58)67-39-45-12-17-53(69-45)52-16-11-44(68-52)10-8-43-9-15-48(51(38-43)66-35-30-59-5)57-22-28-64-49-36-41(3)6-13-46(49)55-18-24-60-31-33-62-26-20-56(21-27-63-34-32-61-25-19-55)47-14-7-42(4)37-50(47)65-29-23-57/h6-17,36-38H,1,18-35,39H2,2-5H3. The molecule has 69 heavy (non-hydrogen) atoms. The highest BCUT2D eigenvalue weighted by atomic mass is 32.1. The first-order valence-corrected chi connectivity index (χ1v) is 25.4. The second-order valence-electron chi connectivity index (χ2n) is 16.8. The Morgan fingerprint density at radius 1 is 0.609 bits per heavy atom. The van der Waals surface area contributed by atoms with Gasteiger partial charge in [-0.25, -0.2) is 4.79 Å². The topological polar surface area (TPSA) is 110 Å². The molecule has 8 rings (SSSR count). The van der Waals surface area contributed by atoms with Crippen molar-refractivity contribution in [1.29, 1.82) is 0 Å². The predicted octanol–water partition coefficient (Wildman–Crippen LogP) is 9.58. The van der Waals surface area contributed by atoms with E-state index in [4.69, 9.17) is 42.6 Å². The first kappa shape index (κ1) is 51.5. The molecule has 5 heterocycles. The van der Waals surface area contributed by atoms with Crippen LogP contribution < -0.4 is 28.9 Å². The lowest BCUT2D eigenvalue weighted by Gasteiger charge is -2.30. The maximum Gasteiger partial charge on any atom is 0.333 e. The molecule has 0 amide bonds. The number of benzene rings is 3. The van der Waals surface area contributed by atoms with E-state index in [0.717, 1.165) is 70.5 Å². The summed E-state index contributed by atoms with van der Waals surface area (Å²) in [6.45, 7) is 19.2. The van der Waals surface area contributed by atoms with Gasteiger partial charge >= 0.3 is 5.97 Å². The van der Waals surface area contributed by atoms with E-state index in [2.05, 4.69) is 120 Å². The van der Waals surface area contributed by atoms with Gasteiger partial charge < -0.3 is 57.3 Å². The van der Waals surface area contributed by atoms with Crippen LogP contribution in [0.1, 0.15) is 33.4 Å². The molecule has 0 radical (unpaired) electrons. The lowest BCUT2D eigenvalue weighted by molar-refractivity contribution is -0.140.